The van der Waals surface area contributed by atoms with E-state index in [9.17, 15) is 4.79 Å². The highest BCUT2D eigenvalue weighted by Gasteiger charge is 2.82. The van der Waals surface area contributed by atoms with Crippen LogP contribution in [0, 0.1) is 12.3 Å². The maximum absolute atomic E-state index is 12.9. The van der Waals surface area contributed by atoms with E-state index in [2.05, 4.69) is 50.0 Å². The summed E-state index contributed by atoms with van der Waals surface area (Å²) in [6.45, 7) is 7.05. The molecule has 2 aromatic heterocycles. The van der Waals surface area contributed by atoms with Gasteiger partial charge in [0.1, 0.15) is 17.2 Å². The number of piperidine rings is 2. The summed E-state index contributed by atoms with van der Waals surface area (Å²) in [7, 11) is 5.91. The van der Waals surface area contributed by atoms with Gasteiger partial charge in [-0.2, -0.15) is 4.99 Å². The lowest BCUT2D eigenvalue weighted by atomic mass is 9.37. The summed E-state index contributed by atoms with van der Waals surface area (Å²) >= 11 is 0. The highest BCUT2D eigenvalue weighted by atomic mass is 16.6. The number of nitrogens with one attached hydrogen (secondary N) is 3. The molecule has 4 unspecified atom stereocenters. The third-order valence-corrected chi connectivity index (χ3v) is 10.3. The van der Waals surface area contributed by atoms with Crippen LogP contribution in [-0.4, -0.2) is 71.9 Å². The van der Waals surface area contributed by atoms with Crippen LogP contribution in [0.1, 0.15) is 62.2 Å². The van der Waals surface area contributed by atoms with Gasteiger partial charge in [-0.25, -0.2) is 9.78 Å². The predicted octanol–water partition coefficient (Wildman–Crippen LogP) is 4.38. The lowest BCUT2D eigenvalue weighted by Crippen LogP contribution is -2.91. The van der Waals surface area contributed by atoms with Gasteiger partial charge in [-0.05, 0) is 56.4 Å². The topological polar surface area (TPSA) is 99.0 Å². The van der Waals surface area contributed by atoms with Crippen LogP contribution in [-0.2, 0) is 4.74 Å². The molecule has 0 aromatic carbocycles. The molecule has 3 aliphatic carbocycles. The van der Waals surface area contributed by atoms with Crippen molar-refractivity contribution in [3.8, 4) is 0 Å². The van der Waals surface area contributed by atoms with Crippen molar-refractivity contribution in [2.75, 3.05) is 37.9 Å². The molecule has 0 bridgehead atoms. The Hall–Kier alpha value is -3.53. The molecule has 0 radical (unpaired) electrons. The molecule has 2 spiro atoms. The van der Waals surface area contributed by atoms with Gasteiger partial charge in [0, 0.05) is 51.1 Å². The van der Waals surface area contributed by atoms with Crippen molar-refractivity contribution in [2.24, 2.45) is 10.4 Å². The second kappa shape index (κ2) is 8.99. The molecule has 10 heteroatoms. The molecule has 7 rings (SSSR count). The molecule has 2 aromatic rings. The summed E-state index contributed by atoms with van der Waals surface area (Å²) in [4.78, 5) is 26.4. The lowest BCUT2D eigenvalue weighted by molar-refractivity contribution is -0.284. The molecule has 212 valence electrons. The van der Waals surface area contributed by atoms with Gasteiger partial charge in [0.25, 0.3) is 0 Å². The third kappa shape index (κ3) is 3.47. The average molecular weight is 545 g/mol. The molecule has 5 fully saturated rings. The van der Waals surface area contributed by atoms with Crippen LogP contribution in [0.2, 0.25) is 0 Å². The van der Waals surface area contributed by atoms with Crippen molar-refractivity contribution in [3.05, 3.63) is 42.2 Å². The Bertz CT molecular complexity index is 1390. The largest absolute Gasteiger partial charge is 0.440 e. The minimum absolute atomic E-state index is 0.164. The first kappa shape index (κ1) is 25.4. The first-order chi connectivity index (χ1) is 19.3. The minimum Gasteiger partial charge on any atom is -0.440 e. The van der Waals surface area contributed by atoms with Gasteiger partial charge < -0.3 is 30.2 Å². The molecule has 3 saturated carbocycles. The molecule has 5 aliphatic rings. The first-order valence-electron chi connectivity index (χ1n) is 14.6. The number of nitrogens with zero attached hydrogens (tertiary/aromatic N) is 5. The van der Waals surface area contributed by atoms with Crippen molar-refractivity contribution < 1.29 is 9.53 Å². The Morgan fingerprint density at radius 1 is 1.25 bits per heavy atom. The number of guanidine groups is 1. The van der Waals surface area contributed by atoms with E-state index in [-0.39, 0.29) is 17.1 Å². The number of amides is 1. The van der Waals surface area contributed by atoms with E-state index in [0.29, 0.717) is 36.4 Å². The van der Waals surface area contributed by atoms with Gasteiger partial charge in [-0.3, -0.25) is 4.90 Å². The van der Waals surface area contributed by atoms with Crippen LogP contribution < -0.4 is 20.9 Å². The normalized spacial score (nSPS) is 30.6. The van der Waals surface area contributed by atoms with Crippen LogP contribution in [0.3, 0.4) is 0 Å². The Morgan fingerprint density at radius 2 is 2.05 bits per heavy atom. The summed E-state index contributed by atoms with van der Waals surface area (Å²) < 4.78 is 8.41. The fourth-order valence-electron chi connectivity index (χ4n) is 7.92. The number of aromatic nitrogens is 2. The van der Waals surface area contributed by atoms with Crippen LogP contribution in [0.25, 0.3) is 5.70 Å². The van der Waals surface area contributed by atoms with E-state index in [0.717, 1.165) is 54.1 Å². The maximum Gasteiger partial charge on any atom is 0.415 e. The molecule has 1 amide bonds. The van der Waals surface area contributed by atoms with Gasteiger partial charge >= 0.3 is 6.09 Å². The van der Waals surface area contributed by atoms with E-state index in [1.165, 1.54) is 19.3 Å². The number of aryl methyl sites for hydroxylation is 1. The fourth-order valence-corrected chi connectivity index (χ4v) is 7.92. The van der Waals surface area contributed by atoms with Crippen LogP contribution in [0.5, 0.6) is 0 Å². The monoisotopic (exact) mass is 544 g/mol. The molecular weight excluding hydrogens is 504 g/mol. The van der Waals surface area contributed by atoms with E-state index in [1.807, 2.05) is 33.3 Å². The van der Waals surface area contributed by atoms with Crippen molar-refractivity contribution in [1.82, 2.24) is 25.1 Å². The van der Waals surface area contributed by atoms with Gasteiger partial charge in [-0.1, -0.05) is 19.4 Å². The second-order valence-corrected chi connectivity index (χ2v) is 12.4. The van der Waals surface area contributed by atoms with Gasteiger partial charge in [0.2, 0.25) is 5.96 Å². The smallest absolute Gasteiger partial charge is 0.415 e. The molecule has 40 heavy (non-hydrogen) atoms. The van der Waals surface area contributed by atoms with Gasteiger partial charge in [0.05, 0.1) is 29.8 Å². The zero-order chi connectivity index (χ0) is 27.8. The molecular formula is C30H40N8O2. The van der Waals surface area contributed by atoms with Crippen LogP contribution in [0.15, 0.2) is 36.0 Å². The number of ether oxygens (including phenoxy) is 1. The zero-order valence-electron chi connectivity index (χ0n) is 24.0. The van der Waals surface area contributed by atoms with Crippen molar-refractivity contribution >= 4 is 35.1 Å². The van der Waals surface area contributed by atoms with Crippen LogP contribution in [0.4, 0.5) is 22.1 Å². The average Bonchev–Trinajstić information content (AvgIpc) is 3.64. The number of hydrogen-bond acceptors (Lipinski definition) is 6. The molecule has 2 aliphatic heterocycles. The summed E-state index contributed by atoms with van der Waals surface area (Å²) in [6.07, 6.45) is 9.49. The maximum atomic E-state index is 12.9. The number of aliphatic imine (C=N–C) groups is 1. The Labute approximate surface area is 235 Å². The summed E-state index contributed by atoms with van der Waals surface area (Å²) in [5.41, 5.74) is 3.79. The number of carbonyl (C=O) groups is 1. The van der Waals surface area contributed by atoms with E-state index >= 15 is 0 Å². The van der Waals surface area contributed by atoms with Crippen molar-refractivity contribution in [2.45, 2.75) is 75.6 Å². The fraction of sp³-hybridized carbons (Fsp3) is 0.567. The number of carbonyl (C=O) groups excluding carboxylic acids is 1. The Balaban J connectivity index is 1.11. The Morgan fingerprint density at radius 3 is 2.65 bits per heavy atom. The zero-order valence-corrected chi connectivity index (χ0v) is 24.0. The van der Waals surface area contributed by atoms with E-state index in [4.69, 9.17) is 9.73 Å². The summed E-state index contributed by atoms with van der Waals surface area (Å²) in [6, 6.07) is 7.45. The highest BCUT2D eigenvalue weighted by Crippen LogP contribution is 2.70. The summed E-state index contributed by atoms with van der Waals surface area (Å²) in [5, 5.41) is 10.2. The van der Waals surface area contributed by atoms with E-state index < -0.39 is 0 Å². The quantitative estimate of drug-likeness (QED) is 0.367. The number of hydrogen-bond donors (Lipinski definition) is 3. The molecule has 10 nitrogen and oxygen atoms in total. The van der Waals surface area contributed by atoms with Crippen LogP contribution >= 0.6 is 0 Å². The standard InChI is InChI=1S/C30H40N8O2/c1-18-14-22(19(2)36(4)5)38(20-8-6-7-9-20)26(18)35-27(31-3)34-25-11-10-21(16-32-25)37-17-29(40-28(37)39)15-24-30(29)13-12-23(30)33-24/h10-11,14,16,20,23-24,33H,2,6-9,12-13,15,17H2,1,3-5H3,(H2,31,32,34,35). The molecule has 2 saturated heterocycles. The number of pyridine rings is 1. The summed E-state index contributed by atoms with van der Waals surface area (Å²) in [5.74, 6) is 2.19. The number of rotatable bonds is 6. The SMILES string of the molecule is C=C(c1cc(C)c(/N=C(\NC)Nc2ccc(N3CC4(CC5NC6CCC654)OC3=O)cn2)n1C1CCCC1)N(C)C. The number of anilines is 2. The Kier molecular flexibility index (Phi) is 5.72. The third-order valence-electron chi connectivity index (χ3n) is 10.3. The lowest BCUT2D eigenvalue weighted by Gasteiger charge is -2.77. The predicted molar refractivity (Wildman–Crippen MR) is 157 cm³/mol. The van der Waals surface area contributed by atoms with Gasteiger partial charge in [-0.15, -0.1) is 0 Å². The van der Waals surface area contributed by atoms with Gasteiger partial charge in [0.15, 0.2) is 0 Å². The van der Waals surface area contributed by atoms with E-state index in [1.54, 1.807) is 11.1 Å². The molecule has 4 atom stereocenters. The molecule has 3 N–H and O–H groups in total. The van der Waals surface area contributed by atoms with Crippen molar-refractivity contribution in [1.29, 1.82) is 0 Å². The van der Waals surface area contributed by atoms with Crippen molar-refractivity contribution in [3.63, 3.8) is 0 Å². The second-order valence-electron chi connectivity index (χ2n) is 12.4. The molecule has 4 heterocycles. The first-order valence-corrected chi connectivity index (χ1v) is 14.6. The highest BCUT2D eigenvalue weighted by molar-refractivity contribution is 5.95. The minimum atomic E-state index is -0.339.